The van der Waals surface area contributed by atoms with Crippen molar-refractivity contribution in [3.05, 3.63) is 71.3 Å². The highest BCUT2D eigenvalue weighted by Gasteiger charge is 2.24. The number of amides is 3. The number of Topliss-reactive ketones (excluding diaryl/α,β-unsaturated/α-hetero) is 1. The number of carbonyl (C=O) groups is 5. The number of carboxylic acids is 1. The number of nitrogens with one attached hydrogen (secondary N) is 3. The number of aliphatic carboxylic acids is 1. The number of ketones is 1. The van der Waals surface area contributed by atoms with Crippen LogP contribution in [0.4, 0.5) is 4.79 Å². The van der Waals surface area contributed by atoms with E-state index in [2.05, 4.69) is 31.3 Å². The van der Waals surface area contributed by atoms with Gasteiger partial charge in [-0.1, -0.05) is 42.5 Å². The minimum atomic E-state index is -1.40. The molecule has 0 aliphatic rings. The number of nitrogens with two attached hydrogens (primary N) is 1. The molecule has 0 aliphatic carbocycles. The molecule has 200 valence electrons. The van der Waals surface area contributed by atoms with E-state index in [1.807, 2.05) is 0 Å². The lowest BCUT2D eigenvalue weighted by Crippen LogP contribution is -2.43. The molecule has 0 aromatic heterocycles. The molecular weight excluding hydrogens is 498 g/mol. The number of azo groups is 1. The van der Waals surface area contributed by atoms with Gasteiger partial charge in [0.1, 0.15) is 19.2 Å². The summed E-state index contributed by atoms with van der Waals surface area (Å²) < 4.78 is 5.03. The Bertz CT molecular complexity index is 1200. The highest BCUT2D eigenvalue weighted by Crippen LogP contribution is 2.08. The van der Waals surface area contributed by atoms with E-state index in [4.69, 9.17) is 15.7 Å². The number of carboxylic acid groups (broad SMARTS) is 1. The molecule has 1 atom stereocenters. The lowest BCUT2D eigenvalue weighted by atomic mass is 10.1. The number of benzene rings is 2. The van der Waals surface area contributed by atoms with E-state index in [0.29, 0.717) is 11.1 Å². The summed E-state index contributed by atoms with van der Waals surface area (Å²) in [6.45, 7) is -0.821. The summed E-state index contributed by atoms with van der Waals surface area (Å²) in [5.74, 6) is 2.42. The Kier molecular flexibility index (Phi) is 11.5. The van der Waals surface area contributed by atoms with Crippen LogP contribution in [0.15, 0.2) is 69.9 Å². The molecule has 14 nitrogen and oxygen atoms in total. The number of hydrogen-bond acceptors (Lipinski definition) is 9. The van der Waals surface area contributed by atoms with E-state index in [0.717, 1.165) is 0 Å². The van der Waals surface area contributed by atoms with Gasteiger partial charge in [-0.15, -0.1) is 5.11 Å². The molecule has 3 amide bonds. The van der Waals surface area contributed by atoms with E-state index in [-0.39, 0.29) is 30.5 Å². The number of nitrogens with zero attached hydrogens (tertiary/aromatic N) is 3. The van der Waals surface area contributed by atoms with E-state index in [1.54, 1.807) is 30.3 Å². The predicted molar refractivity (Wildman–Crippen MR) is 134 cm³/mol. The molecule has 0 fully saturated rings. The Labute approximate surface area is 217 Å². The van der Waals surface area contributed by atoms with Crippen LogP contribution in [0.5, 0.6) is 0 Å². The van der Waals surface area contributed by atoms with Crippen molar-refractivity contribution in [1.82, 2.24) is 16.0 Å². The maximum absolute atomic E-state index is 12.5. The third kappa shape index (κ3) is 9.85. The molecule has 0 saturated carbocycles. The van der Waals surface area contributed by atoms with Crippen LogP contribution in [-0.4, -0.2) is 66.8 Å². The Hall–Kier alpha value is -5.14. The average molecular weight is 526 g/mol. The number of carbonyl (C=O) groups excluding carboxylic acids is 4. The standard InChI is InChI=1S/C24H27N7O7/c1-26-20(33)13-27-23(36)17-9-7-16(8-10-17)22(30-25)31-28-12-19(32)18(11-21(34)35)29-24(37)38-14-15-5-3-2-4-6-15/h2-10,18H,11-14,25H2,1H3,(H,26,33)(H,27,36)(H,29,37)(H,34,35). The summed E-state index contributed by atoms with van der Waals surface area (Å²) in [5, 5.41) is 27.2. The molecule has 0 aliphatic heterocycles. The van der Waals surface area contributed by atoms with Crippen molar-refractivity contribution in [1.29, 1.82) is 0 Å². The van der Waals surface area contributed by atoms with Crippen molar-refractivity contribution in [2.75, 3.05) is 20.1 Å². The van der Waals surface area contributed by atoms with Crippen molar-refractivity contribution >= 4 is 35.5 Å². The molecule has 2 aromatic carbocycles. The molecule has 14 heteroatoms. The molecule has 0 spiro atoms. The zero-order chi connectivity index (χ0) is 27.9. The van der Waals surface area contributed by atoms with Gasteiger partial charge in [-0.3, -0.25) is 19.2 Å². The quantitative estimate of drug-likeness (QED) is 0.0866. The van der Waals surface area contributed by atoms with Gasteiger partial charge in [0.05, 0.1) is 13.0 Å². The number of alkyl carbamates (subject to hydrolysis) is 1. The summed E-state index contributed by atoms with van der Waals surface area (Å²) in [6, 6.07) is 13.3. The number of hydrazone groups is 1. The minimum absolute atomic E-state index is 0.0643. The minimum Gasteiger partial charge on any atom is -0.481 e. The summed E-state index contributed by atoms with van der Waals surface area (Å²) >= 11 is 0. The second kappa shape index (κ2) is 15.1. The predicted octanol–water partition coefficient (Wildman–Crippen LogP) is 0.574. The van der Waals surface area contributed by atoms with Gasteiger partial charge in [0.2, 0.25) is 5.91 Å². The van der Waals surface area contributed by atoms with Crippen LogP contribution in [0.25, 0.3) is 0 Å². The maximum atomic E-state index is 12.5. The van der Waals surface area contributed by atoms with Crippen LogP contribution >= 0.6 is 0 Å². The van der Waals surface area contributed by atoms with Gasteiger partial charge in [0.25, 0.3) is 5.91 Å². The fourth-order valence-corrected chi connectivity index (χ4v) is 2.89. The lowest BCUT2D eigenvalue weighted by Gasteiger charge is -2.14. The Balaban J connectivity index is 1.95. The SMILES string of the molecule is CNC(=O)CNC(=O)c1ccc(C(N=NCC(=O)C(CC(=O)O)NC(=O)OCc2ccccc2)=NN)cc1. The lowest BCUT2D eigenvalue weighted by molar-refractivity contribution is -0.139. The van der Waals surface area contributed by atoms with Gasteiger partial charge < -0.3 is 31.6 Å². The summed E-state index contributed by atoms with van der Waals surface area (Å²) in [4.78, 5) is 59.1. The fraction of sp³-hybridized carbons (Fsp3) is 0.250. The van der Waals surface area contributed by atoms with E-state index in [9.17, 15) is 24.0 Å². The van der Waals surface area contributed by atoms with Gasteiger partial charge >= 0.3 is 12.1 Å². The molecule has 0 bridgehead atoms. The van der Waals surface area contributed by atoms with Gasteiger partial charge in [0.15, 0.2) is 11.6 Å². The highest BCUT2D eigenvalue weighted by atomic mass is 16.5. The van der Waals surface area contributed by atoms with Crippen LogP contribution in [-0.2, 0) is 25.7 Å². The molecule has 2 rings (SSSR count). The topological polar surface area (TPSA) is 214 Å². The zero-order valence-corrected chi connectivity index (χ0v) is 20.4. The Morgan fingerprint density at radius 1 is 1.00 bits per heavy atom. The molecule has 0 radical (unpaired) electrons. The normalized spacial score (nSPS) is 11.9. The van der Waals surface area contributed by atoms with Gasteiger partial charge in [-0.2, -0.15) is 10.2 Å². The van der Waals surface area contributed by atoms with Crippen LogP contribution in [0.3, 0.4) is 0 Å². The van der Waals surface area contributed by atoms with Crippen molar-refractivity contribution < 1.29 is 33.8 Å². The monoisotopic (exact) mass is 525 g/mol. The average Bonchev–Trinajstić information content (AvgIpc) is 2.92. The smallest absolute Gasteiger partial charge is 0.408 e. The third-order valence-electron chi connectivity index (χ3n) is 4.88. The zero-order valence-electron chi connectivity index (χ0n) is 20.4. The molecule has 38 heavy (non-hydrogen) atoms. The molecule has 1 unspecified atom stereocenters. The Morgan fingerprint density at radius 2 is 1.66 bits per heavy atom. The first-order valence-electron chi connectivity index (χ1n) is 11.2. The summed E-state index contributed by atoms with van der Waals surface area (Å²) in [5.41, 5.74) is 1.35. The highest BCUT2D eigenvalue weighted by molar-refractivity contribution is 6.01. The van der Waals surface area contributed by atoms with Crippen LogP contribution in [0.2, 0.25) is 0 Å². The summed E-state index contributed by atoms with van der Waals surface area (Å²) in [6.07, 6.45) is -1.65. The summed E-state index contributed by atoms with van der Waals surface area (Å²) in [7, 11) is 1.45. The second-order valence-electron chi connectivity index (χ2n) is 7.61. The molecular formula is C24H27N7O7. The molecule has 2 aromatic rings. The number of amidine groups is 1. The van der Waals surface area contributed by atoms with Gasteiger partial charge in [0, 0.05) is 18.2 Å². The number of hydrogen-bond donors (Lipinski definition) is 5. The first kappa shape index (κ1) is 29.1. The van der Waals surface area contributed by atoms with Crippen molar-refractivity contribution in [3.63, 3.8) is 0 Å². The van der Waals surface area contributed by atoms with Gasteiger partial charge in [-0.25, -0.2) is 4.79 Å². The number of ether oxygens (including phenoxy) is 1. The maximum Gasteiger partial charge on any atom is 0.408 e. The number of rotatable bonds is 12. The Morgan fingerprint density at radius 3 is 2.26 bits per heavy atom. The first-order valence-corrected chi connectivity index (χ1v) is 11.2. The van der Waals surface area contributed by atoms with Crippen LogP contribution < -0.4 is 21.8 Å². The molecule has 0 saturated heterocycles. The van der Waals surface area contributed by atoms with E-state index >= 15 is 0 Å². The fourth-order valence-electron chi connectivity index (χ4n) is 2.89. The molecule has 6 N–H and O–H groups in total. The van der Waals surface area contributed by atoms with Crippen molar-refractivity contribution in [3.8, 4) is 0 Å². The van der Waals surface area contributed by atoms with Crippen LogP contribution in [0.1, 0.15) is 27.9 Å². The van der Waals surface area contributed by atoms with E-state index < -0.39 is 42.8 Å². The van der Waals surface area contributed by atoms with Crippen molar-refractivity contribution in [2.45, 2.75) is 19.1 Å². The van der Waals surface area contributed by atoms with Crippen LogP contribution in [0, 0.1) is 0 Å². The number of likely N-dealkylation sites (N-methyl/N-ethyl adjacent to an activating group) is 1. The largest absolute Gasteiger partial charge is 0.481 e. The van der Waals surface area contributed by atoms with E-state index in [1.165, 1.54) is 31.3 Å². The van der Waals surface area contributed by atoms with Crippen molar-refractivity contribution in [2.24, 2.45) is 21.2 Å². The second-order valence-corrected chi connectivity index (χ2v) is 7.61. The third-order valence-corrected chi connectivity index (χ3v) is 4.88. The first-order chi connectivity index (χ1) is 18.2. The molecule has 0 heterocycles. The van der Waals surface area contributed by atoms with Gasteiger partial charge in [-0.05, 0) is 17.7 Å².